The van der Waals surface area contributed by atoms with Crippen molar-refractivity contribution in [3.05, 3.63) is 59.7 Å². The summed E-state index contributed by atoms with van der Waals surface area (Å²) in [4.78, 5) is 70.3. The van der Waals surface area contributed by atoms with E-state index in [-0.39, 0.29) is 24.9 Å². The lowest BCUT2D eigenvalue weighted by Crippen LogP contribution is -2.54. The second-order valence-corrected chi connectivity index (χ2v) is 13.0. The van der Waals surface area contributed by atoms with E-state index >= 15 is 0 Å². The quantitative estimate of drug-likeness (QED) is 0.0975. The minimum atomic E-state index is -1.82. The summed E-state index contributed by atoms with van der Waals surface area (Å²) in [6.07, 6.45) is 8.54. The highest BCUT2D eigenvalue weighted by molar-refractivity contribution is 6.27. The van der Waals surface area contributed by atoms with E-state index in [1.54, 1.807) is 24.0 Å². The van der Waals surface area contributed by atoms with Crippen LogP contribution in [0.25, 0.3) is 0 Å². The molecule has 56 heavy (non-hydrogen) atoms. The Labute approximate surface area is 329 Å². The summed E-state index contributed by atoms with van der Waals surface area (Å²) in [6.45, 7) is 12.1. The number of carboxylic acid groups (broad SMARTS) is 4. The number of methoxy groups -OCH3 is 2. The van der Waals surface area contributed by atoms with Crippen molar-refractivity contribution < 1.29 is 58.7 Å². The van der Waals surface area contributed by atoms with Gasteiger partial charge in [0.2, 0.25) is 11.8 Å². The predicted molar refractivity (Wildman–Crippen MR) is 209 cm³/mol. The molecule has 0 aromatic heterocycles. The molecule has 2 aromatic carbocycles. The van der Waals surface area contributed by atoms with Crippen molar-refractivity contribution in [1.82, 2.24) is 19.6 Å². The molecule has 1 saturated heterocycles. The highest BCUT2D eigenvalue weighted by atomic mass is 16.5. The van der Waals surface area contributed by atoms with Crippen LogP contribution in [0, 0.1) is 0 Å². The van der Waals surface area contributed by atoms with E-state index in [0.717, 1.165) is 102 Å². The molecule has 2 aromatic rings. The fourth-order valence-electron chi connectivity index (χ4n) is 5.94. The number of nitrogens with zero attached hydrogens (tertiary/aromatic N) is 4. The van der Waals surface area contributed by atoms with Crippen molar-refractivity contribution in [2.45, 2.75) is 78.3 Å². The van der Waals surface area contributed by atoms with E-state index in [4.69, 9.17) is 49.1 Å². The normalized spacial score (nSPS) is 12.4. The predicted octanol–water partition coefficient (Wildman–Crippen LogP) is 4.15. The van der Waals surface area contributed by atoms with Crippen LogP contribution in [-0.2, 0) is 41.9 Å². The molecule has 2 amide bonds. The van der Waals surface area contributed by atoms with Gasteiger partial charge in [0.1, 0.15) is 11.5 Å². The van der Waals surface area contributed by atoms with Gasteiger partial charge in [0.05, 0.1) is 27.3 Å². The first-order valence-electron chi connectivity index (χ1n) is 18.9. The summed E-state index contributed by atoms with van der Waals surface area (Å²) in [5.41, 5.74) is 2.44. The molecule has 16 heteroatoms. The average Bonchev–Trinajstić information content (AvgIpc) is 3.18. The van der Waals surface area contributed by atoms with Crippen molar-refractivity contribution in [2.24, 2.45) is 0 Å². The molecule has 0 bridgehead atoms. The van der Waals surface area contributed by atoms with Crippen molar-refractivity contribution in [3.8, 4) is 11.5 Å². The Kier molecular flexibility index (Phi) is 24.6. The number of carbonyl (C=O) groups excluding carboxylic acids is 2. The van der Waals surface area contributed by atoms with Crippen LogP contribution >= 0.6 is 0 Å². The highest BCUT2D eigenvalue weighted by Gasteiger charge is 2.29. The monoisotopic (exact) mass is 788 g/mol. The zero-order chi connectivity index (χ0) is 41.9. The summed E-state index contributed by atoms with van der Waals surface area (Å²) in [5.74, 6) is -5.22. The SMILES string of the molecule is CCN(CCCCCCN1CC(=O)N(CCCCCCN(CC)Cc2ccccc2OC)CC1=O)Cc1ccccc1OC.O=C(O)C(=O)O.O=C(O)C(=O)O. The number of carboxylic acids is 4. The standard InChI is InChI=1S/C36H56N4O4.2C2H2O4/c1-5-37(27-31-19-11-13-21-33(31)43-3)23-15-7-9-17-25-39-29-36(42)40(30-35(39)41)26-18-10-8-16-24-38(6-2)28-32-20-12-14-22-34(32)44-4;2*3-1(4)2(5)6/h11-14,19-22H,5-10,15-18,23-30H2,1-4H3;2*(H,3,4)(H,5,6). The molecule has 16 nitrogen and oxygen atoms in total. The maximum absolute atomic E-state index is 12.8. The molecule has 3 rings (SSSR count). The Balaban J connectivity index is 0.00000113. The number of ether oxygens (including phenoxy) is 2. The lowest BCUT2D eigenvalue weighted by Gasteiger charge is -2.34. The lowest BCUT2D eigenvalue weighted by atomic mass is 10.1. The van der Waals surface area contributed by atoms with Crippen LogP contribution in [0.15, 0.2) is 48.5 Å². The largest absolute Gasteiger partial charge is 0.496 e. The van der Waals surface area contributed by atoms with Gasteiger partial charge in [0, 0.05) is 37.3 Å². The Morgan fingerprint density at radius 2 is 0.875 bits per heavy atom. The van der Waals surface area contributed by atoms with Crippen LogP contribution in [0.2, 0.25) is 0 Å². The van der Waals surface area contributed by atoms with E-state index < -0.39 is 23.9 Å². The zero-order valence-corrected chi connectivity index (χ0v) is 33.2. The van der Waals surface area contributed by atoms with Gasteiger partial charge in [-0.3, -0.25) is 19.4 Å². The molecule has 0 unspecified atom stereocenters. The molecule has 312 valence electrons. The van der Waals surface area contributed by atoms with Gasteiger partial charge in [-0.1, -0.05) is 75.9 Å². The number of rotatable bonds is 22. The van der Waals surface area contributed by atoms with Gasteiger partial charge in [0.15, 0.2) is 0 Å². The zero-order valence-electron chi connectivity index (χ0n) is 33.2. The topological polar surface area (TPSA) is 215 Å². The number of aliphatic carboxylic acids is 4. The molecule has 1 aliphatic rings. The van der Waals surface area contributed by atoms with Crippen LogP contribution in [-0.4, -0.2) is 142 Å². The summed E-state index contributed by atoms with van der Waals surface area (Å²) in [5, 5.41) is 29.6. The molecule has 0 saturated carbocycles. The average molecular weight is 789 g/mol. The van der Waals surface area contributed by atoms with Crippen LogP contribution < -0.4 is 9.47 Å². The molecular weight excluding hydrogens is 728 g/mol. The van der Waals surface area contributed by atoms with E-state index in [0.29, 0.717) is 13.1 Å². The number of piperazine rings is 1. The van der Waals surface area contributed by atoms with E-state index in [1.165, 1.54) is 11.1 Å². The Hall–Kier alpha value is -5.22. The number of carbonyl (C=O) groups is 6. The summed E-state index contributed by atoms with van der Waals surface area (Å²) in [6, 6.07) is 16.4. The minimum Gasteiger partial charge on any atom is -0.496 e. The van der Waals surface area contributed by atoms with Crippen LogP contribution in [0.1, 0.15) is 76.3 Å². The Morgan fingerprint density at radius 1 is 0.554 bits per heavy atom. The van der Waals surface area contributed by atoms with Gasteiger partial charge in [-0.25, -0.2) is 19.2 Å². The van der Waals surface area contributed by atoms with Gasteiger partial charge >= 0.3 is 23.9 Å². The maximum atomic E-state index is 12.8. The van der Waals surface area contributed by atoms with Crippen molar-refractivity contribution in [2.75, 3.05) is 66.6 Å². The third-order valence-electron chi connectivity index (χ3n) is 9.10. The summed E-state index contributed by atoms with van der Waals surface area (Å²) >= 11 is 0. The minimum absolute atomic E-state index is 0.0912. The van der Waals surface area contributed by atoms with Gasteiger partial charge in [0.25, 0.3) is 0 Å². The first-order chi connectivity index (χ1) is 26.8. The molecule has 1 heterocycles. The number of hydrogen-bond acceptors (Lipinski definition) is 10. The van der Waals surface area contributed by atoms with Crippen LogP contribution in [0.4, 0.5) is 0 Å². The van der Waals surface area contributed by atoms with Crippen LogP contribution in [0.5, 0.6) is 11.5 Å². The molecule has 1 fully saturated rings. The van der Waals surface area contributed by atoms with Gasteiger partial charge in [-0.2, -0.15) is 0 Å². The number of unbranched alkanes of at least 4 members (excludes halogenated alkanes) is 6. The highest BCUT2D eigenvalue weighted by Crippen LogP contribution is 2.21. The van der Waals surface area contributed by atoms with Gasteiger partial charge in [-0.05, 0) is 64.0 Å². The number of hydrogen-bond donors (Lipinski definition) is 4. The van der Waals surface area contributed by atoms with E-state index in [1.807, 2.05) is 24.3 Å². The summed E-state index contributed by atoms with van der Waals surface area (Å²) < 4.78 is 11.0. The second kappa shape index (κ2) is 28.2. The molecule has 0 aliphatic carbocycles. The number of benzene rings is 2. The number of amides is 2. The molecule has 0 radical (unpaired) electrons. The summed E-state index contributed by atoms with van der Waals surface area (Å²) in [7, 11) is 3.45. The maximum Gasteiger partial charge on any atom is 0.414 e. The molecular formula is C40H60N4O12. The molecule has 1 aliphatic heterocycles. The first kappa shape index (κ1) is 48.8. The van der Waals surface area contributed by atoms with Crippen molar-refractivity contribution in [3.63, 3.8) is 0 Å². The molecule has 0 spiro atoms. The van der Waals surface area contributed by atoms with Gasteiger partial charge in [-0.15, -0.1) is 0 Å². The van der Waals surface area contributed by atoms with E-state index in [9.17, 15) is 9.59 Å². The molecule has 0 atom stereocenters. The Morgan fingerprint density at radius 3 is 1.18 bits per heavy atom. The Bertz CT molecular complexity index is 1390. The van der Waals surface area contributed by atoms with Crippen LogP contribution in [0.3, 0.4) is 0 Å². The number of para-hydroxylation sites is 2. The second-order valence-electron chi connectivity index (χ2n) is 13.0. The fourth-order valence-corrected chi connectivity index (χ4v) is 5.94. The van der Waals surface area contributed by atoms with Gasteiger partial charge < -0.3 is 39.7 Å². The third kappa shape index (κ3) is 19.9. The van der Waals surface area contributed by atoms with E-state index in [2.05, 4.69) is 47.9 Å². The lowest BCUT2D eigenvalue weighted by molar-refractivity contribution is -0.159. The third-order valence-corrected chi connectivity index (χ3v) is 9.10. The van der Waals surface area contributed by atoms with Crippen molar-refractivity contribution in [1.29, 1.82) is 0 Å². The first-order valence-corrected chi connectivity index (χ1v) is 18.9. The smallest absolute Gasteiger partial charge is 0.414 e. The molecule has 4 N–H and O–H groups in total. The fraction of sp³-hybridized carbons (Fsp3) is 0.550. The van der Waals surface area contributed by atoms with Crippen molar-refractivity contribution >= 4 is 35.7 Å².